The summed E-state index contributed by atoms with van der Waals surface area (Å²) in [6, 6.07) is 9.18. The normalized spacial score (nSPS) is 19.3. The van der Waals surface area contributed by atoms with E-state index in [-0.39, 0.29) is 24.0 Å². The summed E-state index contributed by atoms with van der Waals surface area (Å²) in [7, 11) is 1.85. The Kier molecular flexibility index (Phi) is 12.0. The predicted molar refractivity (Wildman–Crippen MR) is 134 cm³/mol. The lowest BCUT2D eigenvalue weighted by Crippen LogP contribution is -2.48. The number of rotatable bonds is 8. The van der Waals surface area contributed by atoms with Crippen molar-refractivity contribution in [3.8, 4) is 0 Å². The minimum atomic E-state index is 0. The standard InChI is InChI=1S/C23H38N4O2.HI/c1-3-12-27-13-8-21(9-14-27)26-23(24-2)25-17-19-4-6-20(7-5-19)18-29-22-10-15-28-16-11-22;/h4-7,21-22H,3,8-18H2,1-2H3,(H2,24,25,26);1H. The smallest absolute Gasteiger partial charge is 0.191 e. The summed E-state index contributed by atoms with van der Waals surface area (Å²) in [4.78, 5) is 6.96. The molecule has 6 nitrogen and oxygen atoms in total. The van der Waals surface area contributed by atoms with E-state index in [4.69, 9.17) is 9.47 Å². The number of likely N-dealkylation sites (tertiary alicyclic amines) is 1. The zero-order valence-electron chi connectivity index (χ0n) is 18.6. The van der Waals surface area contributed by atoms with Gasteiger partial charge in [-0.25, -0.2) is 0 Å². The maximum atomic E-state index is 6.00. The highest BCUT2D eigenvalue weighted by atomic mass is 127. The van der Waals surface area contributed by atoms with Gasteiger partial charge >= 0.3 is 0 Å². The number of nitrogens with zero attached hydrogens (tertiary/aromatic N) is 2. The van der Waals surface area contributed by atoms with Crippen molar-refractivity contribution in [3.05, 3.63) is 35.4 Å². The van der Waals surface area contributed by atoms with Crippen LogP contribution in [0.1, 0.15) is 50.2 Å². The molecule has 0 spiro atoms. The average molecular weight is 530 g/mol. The fraction of sp³-hybridized carbons (Fsp3) is 0.696. The summed E-state index contributed by atoms with van der Waals surface area (Å²) >= 11 is 0. The third-order valence-electron chi connectivity index (χ3n) is 5.83. The molecule has 0 amide bonds. The predicted octanol–water partition coefficient (Wildman–Crippen LogP) is 3.54. The molecule has 170 valence electrons. The van der Waals surface area contributed by atoms with E-state index in [9.17, 15) is 0 Å². The van der Waals surface area contributed by atoms with E-state index in [1.807, 2.05) is 7.05 Å². The SMILES string of the molecule is CCCN1CCC(NC(=NC)NCc2ccc(COC3CCOCC3)cc2)CC1.I. The Bertz CT molecular complexity index is 612. The van der Waals surface area contributed by atoms with E-state index in [0.29, 0.717) is 18.8 Å². The van der Waals surface area contributed by atoms with Crippen LogP contribution in [0.5, 0.6) is 0 Å². The van der Waals surface area contributed by atoms with Gasteiger partial charge in [0.05, 0.1) is 12.7 Å². The third-order valence-corrected chi connectivity index (χ3v) is 5.83. The molecule has 2 aliphatic rings. The zero-order chi connectivity index (χ0) is 20.3. The number of halogens is 1. The van der Waals surface area contributed by atoms with Gasteiger partial charge in [0.25, 0.3) is 0 Å². The number of aliphatic imine (C=N–C) groups is 1. The molecular weight excluding hydrogens is 491 g/mol. The van der Waals surface area contributed by atoms with E-state index in [1.165, 1.54) is 50.0 Å². The number of guanidine groups is 1. The molecule has 2 saturated heterocycles. The molecule has 0 atom stereocenters. The number of piperidine rings is 1. The molecular formula is C23H39IN4O2. The first kappa shape index (κ1) is 25.4. The van der Waals surface area contributed by atoms with Crippen LogP contribution in [-0.2, 0) is 22.6 Å². The molecule has 30 heavy (non-hydrogen) atoms. The summed E-state index contributed by atoms with van der Waals surface area (Å²) in [5.41, 5.74) is 2.47. The van der Waals surface area contributed by atoms with Crippen molar-refractivity contribution in [1.29, 1.82) is 0 Å². The van der Waals surface area contributed by atoms with Crippen molar-refractivity contribution in [1.82, 2.24) is 15.5 Å². The molecule has 1 aromatic carbocycles. The lowest BCUT2D eigenvalue weighted by molar-refractivity contribution is -0.0390. The minimum Gasteiger partial charge on any atom is -0.381 e. The van der Waals surface area contributed by atoms with E-state index in [2.05, 4.69) is 51.7 Å². The van der Waals surface area contributed by atoms with Crippen LogP contribution in [0, 0.1) is 0 Å². The van der Waals surface area contributed by atoms with Crippen LogP contribution >= 0.6 is 24.0 Å². The van der Waals surface area contributed by atoms with Gasteiger partial charge in [-0.15, -0.1) is 24.0 Å². The number of benzene rings is 1. The van der Waals surface area contributed by atoms with Gasteiger partial charge in [-0.3, -0.25) is 4.99 Å². The van der Waals surface area contributed by atoms with E-state index < -0.39 is 0 Å². The number of hydrogen-bond acceptors (Lipinski definition) is 4. The molecule has 2 heterocycles. The summed E-state index contributed by atoms with van der Waals surface area (Å²) in [5, 5.41) is 7.04. The Morgan fingerprint density at radius 2 is 1.77 bits per heavy atom. The molecule has 0 radical (unpaired) electrons. The molecule has 2 aliphatic heterocycles. The van der Waals surface area contributed by atoms with Gasteiger partial charge in [0, 0.05) is 45.9 Å². The van der Waals surface area contributed by atoms with Gasteiger partial charge < -0.3 is 25.0 Å². The molecule has 2 fully saturated rings. The molecule has 0 unspecified atom stereocenters. The lowest BCUT2D eigenvalue weighted by atomic mass is 10.1. The molecule has 1 aromatic rings. The van der Waals surface area contributed by atoms with Crippen LogP contribution in [0.15, 0.2) is 29.3 Å². The number of ether oxygens (including phenoxy) is 2. The summed E-state index contributed by atoms with van der Waals surface area (Å²) in [6.07, 6.45) is 5.96. The van der Waals surface area contributed by atoms with Crippen LogP contribution in [-0.4, -0.2) is 62.9 Å². The van der Waals surface area contributed by atoms with Gasteiger partial charge in [0.2, 0.25) is 0 Å². The molecule has 3 rings (SSSR count). The van der Waals surface area contributed by atoms with Crippen LogP contribution in [0.4, 0.5) is 0 Å². The first-order valence-corrected chi connectivity index (χ1v) is 11.2. The van der Waals surface area contributed by atoms with Crippen LogP contribution in [0.2, 0.25) is 0 Å². The van der Waals surface area contributed by atoms with Crippen molar-refractivity contribution in [3.63, 3.8) is 0 Å². The average Bonchev–Trinajstić information content (AvgIpc) is 2.78. The largest absolute Gasteiger partial charge is 0.381 e. The lowest BCUT2D eigenvalue weighted by Gasteiger charge is -2.32. The Labute approximate surface area is 199 Å². The number of nitrogens with one attached hydrogen (secondary N) is 2. The monoisotopic (exact) mass is 530 g/mol. The first-order valence-electron chi connectivity index (χ1n) is 11.2. The molecule has 0 aromatic heterocycles. The van der Waals surface area contributed by atoms with Crippen LogP contribution < -0.4 is 10.6 Å². The van der Waals surface area contributed by atoms with Crippen molar-refractivity contribution in [2.24, 2.45) is 4.99 Å². The van der Waals surface area contributed by atoms with Gasteiger partial charge in [-0.1, -0.05) is 31.2 Å². The first-order chi connectivity index (χ1) is 14.3. The van der Waals surface area contributed by atoms with Gasteiger partial charge in [0.1, 0.15) is 0 Å². The Balaban J connectivity index is 0.00000320. The molecule has 0 aliphatic carbocycles. The Hall–Kier alpha value is -0.900. The zero-order valence-corrected chi connectivity index (χ0v) is 20.9. The molecule has 2 N–H and O–H groups in total. The number of hydrogen-bond donors (Lipinski definition) is 2. The molecule has 0 bridgehead atoms. The molecule has 7 heteroatoms. The van der Waals surface area contributed by atoms with E-state index in [1.54, 1.807) is 0 Å². The fourth-order valence-corrected chi connectivity index (χ4v) is 4.00. The minimum absolute atomic E-state index is 0. The maximum Gasteiger partial charge on any atom is 0.191 e. The van der Waals surface area contributed by atoms with E-state index in [0.717, 1.165) is 38.6 Å². The quantitative estimate of drug-likeness (QED) is 0.306. The highest BCUT2D eigenvalue weighted by Gasteiger charge is 2.19. The Morgan fingerprint density at radius 1 is 1.10 bits per heavy atom. The van der Waals surface area contributed by atoms with Crippen molar-refractivity contribution in [2.45, 2.75) is 64.3 Å². The second-order valence-electron chi connectivity index (χ2n) is 8.13. The van der Waals surface area contributed by atoms with Crippen LogP contribution in [0.25, 0.3) is 0 Å². The van der Waals surface area contributed by atoms with Gasteiger partial charge in [0.15, 0.2) is 5.96 Å². The second-order valence-corrected chi connectivity index (χ2v) is 8.13. The second kappa shape index (κ2) is 14.2. The maximum absolute atomic E-state index is 6.00. The van der Waals surface area contributed by atoms with E-state index >= 15 is 0 Å². The highest BCUT2D eigenvalue weighted by molar-refractivity contribution is 14.0. The third kappa shape index (κ3) is 8.69. The van der Waals surface area contributed by atoms with Crippen LogP contribution in [0.3, 0.4) is 0 Å². The van der Waals surface area contributed by atoms with Gasteiger partial charge in [-0.2, -0.15) is 0 Å². The Morgan fingerprint density at radius 3 is 2.40 bits per heavy atom. The van der Waals surface area contributed by atoms with Crippen molar-refractivity contribution in [2.75, 3.05) is 39.9 Å². The fourth-order valence-electron chi connectivity index (χ4n) is 4.00. The van der Waals surface area contributed by atoms with Crippen molar-refractivity contribution >= 4 is 29.9 Å². The molecule has 0 saturated carbocycles. The van der Waals surface area contributed by atoms with Crippen molar-refractivity contribution < 1.29 is 9.47 Å². The highest BCUT2D eigenvalue weighted by Crippen LogP contribution is 2.14. The summed E-state index contributed by atoms with van der Waals surface area (Å²) < 4.78 is 11.4. The van der Waals surface area contributed by atoms with Gasteiger partial charge in [-0.05, 0) is 49.8 Å². The topological polar surface area (TPSA) is 58.1 Å². The summed E-state index contributed by atoms with van der Waals surface area (Å²) in [5.74, 6) is 0.894. The summed E-state index contributed by atoms with van der Waals surface area (Å²) in [6.45, 7) is 8.93.